The smallest absolute Gasteiger partial charge is 0.251 e. The van der Waals surface area contributed by atoms with Crippen molar-refractivity contribution in [1.29, 1.82) is 0 Å². The van der Waals surface area contributed by atoms with Crippen LogP contribution < -0.4 is 10.6 Å². The molecule has 1 aromatic rings. The van der Waals surface area contributed by atoms with E-state index in [1.807, 2.05) is 24.3 Å². The van der Waals surface area contributed by atoms with E-state index in [-0.39, 0.29) is 17.2 Å². The lowest BCUT2D eigenvalue weighted by atomic mass is 9.86. The number of nitrogens with one attached hydrogen (secondary N) is 2. The first-order valence-electron chi connectivity index (χ1n) is 10.0. The van der Waals surface area contributed by atoms with E-state index in [0.717, 1.165) is 12.3 Å². The van der Waals surface area contributed by atoms with Crippen LogP contribution in [0.25, 0.3) is 0 Å². The molecule has 0 radical (unpaired) electrons. The monoisotopic (exact) mass is 358 g/mol. The summed E-state index contributed by atoms with van der Waals surface area (Å²) in [5.41, 5.74) is 1.94. The van der Waals surface area contributed by atoms with Crippen LogP contribution in [-0.4, -0.2) is 24.9 Å². The molecule has 0 spiro atoms. The van der Waals surface area contributed by atoms with E-state index in [1.165, 1.54) is 37.7 Å². The molecule has 2 rings (SSSR count). The summed E-state index contributed by atoms with van der Waals surface area (Å²) < 4.78 is 0. The Morgan fingerprint density at radius 2 is 1.58 bits per heavy atom. The minimum absolute atomic E-state index is 0.0803. The van der Waals surface area contributed by atoms with Crippen LogP contribution >= 0.6 is 0 Å². The maximum Gasteiger partial charge on any atom is 0.251 e. The maximum atomic E-state index is 12.2. The van der Waals surface area contributed by atoms with Crippen LogP contribution in [-0.2, 0) is 10.2 Å². The van der Waals surface area contributed by atoms with Gasteiger partial charge >= 0.3 is 0 Å². The van der Waals surface area contributed by atoms with Gasteiger partial charge in [0.2, 0.25) is 5.91 Å². The van der Waals surface area contributed by atoms with Gasteiger partial charge in [0, 0.05) is 25.1 Å². The molecule has 1 aliphatic carbocycles. The highest BCUT2D eigenvalue weighted by molar-refractivity contribution is 5.94. The maximum absolute atomic E-state index is 12.2. The highest BCUT2D eigenvalue weighted by Gasteiger charge is 2.15. The highest BCUT2D eigenvalue weighted by Crippen LogP contribution is 2.27. The second-order valence-corrected chi connectivity index (χ2v) is 8.48. The number of benzene rings is 1. The lowest BCUT2D eigenvalue weighted by molar-refractivity contribution is -0.121. The highest BCUT2D eigenvalue weighted by atomic mass is 16.2. The summed E-state index contributed by atoms with van der Waals surface area (Å²) in [5.74, 6) is 0.728. The molecule has 0 aromatic heterocycles. The molecule has 0 heterocycles. The van der Waals surface area contributed by atoms with E-state index in [0.29, 0.717) is 25.1 Å². The van der Waals surface area contributed by atoms with Gasteiger partial charge in [0.05, 0.1) is 0 Å². The number of hydrogen-bond donors (Lipinski definition) is 2. The third-order valence-corrected chi connectivity index (χ3v) is 5.25. The van der Waals surface area contributed by atoms with Gasteiger partial charge in [-0.15, -0.1) is 0 Å². The van der Waals surface area contributed by atoms with Crippen molar-refractivity contribution in [1.82, 2.24) is 10.6 Å². The Morgan fingerprint density at radius 1 is 0.962 bits per heavy atom. The molecule has 1 aliphatic rings. The van der Waals surface area contributed by atoms with Gasteiger partial charge in [-0.3, -0.25) is 9.59 Å². The van der Waals surface area contributed by atoms with Crippen molar-refractivity contribution >= 4 is 11.8 Å². The zero-order valence-corrected chi connectivity index (χ0v) is 16.6. The molecule has 0 unspecified atom stereocenters. The third-order valence-electron chi connectivity index (χ3n) is 5.25. The van der Waals surface area contributed by atoms with Crippen molar-refractivity contribution in [3.63, 3.8) is 0 Å². The summed E-state index contributed by atoms with van der Waals surface area (Å²) in [6.07, 6.45) is 8.13. The molecule has 0 atom stereocenters. The van der Waals surface area contributed by atoms with E-state index in [1.54, 1.807) is 0 Å². The lowest BCUT2D eigenvalue weighted by Gasteiger charge is -2.21. The Hall–Kier alpha value is -1.84. The quantitative estimate of drug-likeness (QED) is 0.718. The second-order valence-electron chi connectivity index (χ2n) is 8.48. The fraction of sp³-hybridized carbons (Fsp3) is 0.636. The van der Waals surface area contributed by atoms with Crippen molar-refractivity contribution in [3.05, 3.63) is 35.4 Å². The van der Waals surface area contributed by atoms with Gasteiger partial charge in [-0.1, -0.05) is 65.0 Å². The molecule has 1 fully saturated rings. The van der Waals surface area contributed by atoms with Crippen molar-refractivity contribution in [2.24, 2.45) is 5.92 Å². The topological polar surface area (TPSA) is 58.2 Å². The van der Waals surface area contributed by atoms with Gasteiger partial charge in [-0.25, -0.2) is 0 Å². The van der Waals surface area contributed by atoms with Crippen molar-refractivity contribution in [3.8, 4) is 0 Å². The first-order valence-corrected chi connectivity index (χ1v) is 10.0. The van der Waals surface area contributed by atoms with Crippen molar-refractivity contribution in [2.45, 2.75) is 71.1 Å². The van der Waals surface area contributed by atoms with Gasteiger partial charge in [-0.2, -0.15) is 0 Å². The van der Waals surface area contributed by atoms with Gasteiger partial charge in [0.15, 0.2) is 0 Å². The van der Waals surface area contributed by atoms with Gasteiger partial charge in [-0.05, 0) is 35.4 Å². The average Bonchev–Trinajstić information content (AvgIpc) is 2.63. The molecule has 0 aliphatic heterocycles. The van der Waals surface area contributed by atoms with E-state index in [2.05, 4.69) is 31.4 Å². The summed E-state index contributed by atoms with van der Waals surface area (Å²) in [5, 5.41) is 5.77. The number of hydrogen-bond acceptors (Lipinski definition) is 2. The van der Waals surface area contributed by atoms with Gasteiger partial charge < -0.3 is 10.6 Å². The fourth-order valence-electron chi connectivity index (χ4n) is 3.50. The Labute approximate surface area is 158 Å². The molecule has 4 heteroatoms. The molecule has 1 aromatic carbocycles. The van der Waals surface area contributed by atoms with E-state index in [9.17, 15) is 9.59 Å². The third kappa shape index (κ3) is 6.81. The van der Waals surface area contributed by atoms with E-state index in [4.69, 9.17) is 0 Å². The predicted molar refractivity (Wildman–Crippen MR) is 106 cm³/mol. The first-order chi connectivity index (χ1) is 12.4. The Balaban J connectivity index is 1.62. The van der Waals surface area contributed by atoms with Crippen LogP contribution in [0.4, 0.5) is 0 Å². The molecule has 0 bridgehead atoms. The summed E-state index contributed by atoms with van der Waals surface area (Å²) in [6, 6.07) is 7.72. The molecule has 2 N–H and O–H groups in total. The van der Waals surface area contributed by atoms with Crippen LogP contribution in [0.5, 0.6) is 0 Å². The van der Waals surface area contributed by atoms with Crippen molar-refractivity contribution in [2.75, 3.05) is 13.1 Å². The molecular formula is C22H34N2O2. The van der Waals surface area contributed by atoms with Gasteiger partial charge in [0.1, 0.15) is 0 Å². The number of rotatable bonds is 7. The summed E-state index contributed by atoms with van der Waals surface area (Å²) in [7, 11) is 0. The minimum atomic E-state index is -0.0955. The molecular weight excluding hydrogens is 324 g/mol. The molecule has 1 saturated carbocycles. The SMILES string of the molecule is CC(C)(C)c1ccc(C(=O)NCCNC(=O)CCC2CCCCC2)cc1. The Morgan fingerprint density at radius 3 is 2.19 bits per heavy atom. The number of carbonyl (C=O) groups is 2. The summed E-state index contributed by atoms with van der Waals surface area (Å²) in [6.45, 7) is 7.39. The average molecular weight is 359 g/mol. The van der Waals surface area contributed by atoms with E-state index < -0.39 is 0 Å². The Bertz CT molecular complexity index is 581. The van der Waals surface area contributed by atoms with Crippen LogP contribution in [0.15, 0.2) is 24.3 Å². The zero-order valence-electron chi connectivity index (χ0n) is 16.6. The fourth-order valence-corrected chi connectivity index (χ4v) is 3.50. The normalized spacial score (nSPS) is 15.5. The molecule has 4 nitrogen and oxygen atoms in total. The molecule has 0 saturated heterocycles. The second kappa shape index (κ2) is 9.75. The zero-order chi connectivity index (χ0) is 19.0. The minimum Gasteiger partial charge on any atom is -0.354 e. The first kappa shape index (κ1) is 20.5. The lowest BCUT2D eigenvalue weighted by Crippen LogP contribution is -2.34. The van der Waals surface area contributed by atoms with Crippen LogP contribution in [0.2, 0.25) is 0 Å². The van der Waals surface area contributed by atoms with E-state index >= 15 is 0 Å². The molecule has 2 amide bonds. The summed E-state index contributed by atoms with van der Waals surface area (Å²) in [4.78, 5) is 24.1. The molecule has 26 heavy (non-hydrogen) atoms. The van der Waals surface area contributed by atoms with Gasteiger partial charge in [0.25, 0.3) is 5.91 Å². The summed E-state index contributed by atoms with van der Waals surface area (Å²) >= 11 is 0. The van der Waals surface area contributed by atoms with Crippen LogP contribution in [0.1, 0.15) is 81.6 Å². The largest absolute Gasteiger partial charge is 0.354 e. The molecule has 144 valence electrons. The Kier molecular flexibility index (Phi) is 7.67. The number of carbonyl (C=O) groups excluding carboxylic acids is 2. The van der Waals surface area contributed by atoms with Crippen molar-refractivity contribution < 1.29 is 9.59 Å². The van der Waals surface area contributed by atoms with Crippen LogP contribution in [0.3, 0.4) is 0 Å². The number of amides is 2. The standard InChI is InChI=1S/C22H34N2O2/c1-22(2,3)19-12-10-18(11-13-19)21(26)24-16-15-23-20(25)14-9-17-7-5-4-6-8-17/h10-13,17H,4-9,14-16H2,1-3H3,(H,23,25)(H,24,26). The van der Waals surface area contributed by atoms with Crippen LogP contribution in [0, 0.1) is 5.92 Å². The predicted octanol–water partition coefficient (Wildman–Crippen LogP) is 4.19.